The predicted molar refractivity (Wildman–Crippen MR) is 66.1 cm³/mol. The highest BCUT2D eigenvalue weighted by Gasteiger charge is 2.21. The van der Waals surface area contributed by atoms with E-state index in [1.165, 1.54) is 0 Å². The van der Waals surface area contributed by atoms with Gasteiger partial charge in [-0.25, -0.2) is 0 Å². The Morgan fingerprint density at radius 1 is 1.44 bits per heavy atom. The molecule has 0 aliphatic rings. The Morgan fingerprint density at radius 3 is 2.44 bits per heavy atom. The highest BCUT2D eigenvalue weighted by Crippen LogP contribution is 2.24. The minimum atomic E-state index is -0.466. The van der Waals surface area contributed by atoms with E-state index in [9.17, 15) is 4.79 Å². The van der Waals surface area contributed by atoms with Crippen molar-refractivity contribution < 1.29 is 9.53 Å². The molecule has 0 aromatic heterocycles. The Balaban J connectivity index is 3.89. The summed E-state index contributed by atoms with van der Waals surface area (Å²) in [5, 5.41) is 2.88. The van der Waals surface area contributed by atoms with Crippen LogP contribution in [0.15, 0.2) is 0 Å². The molecule has 16 heavy (non-hydrogen) atoms. The average molecular weight is 230 g/mol. The second kappa shape index (κ2) is 6.86. The summed E-state index contributed by atoms with van der Waals surface area (Å²) in [6.07, 6.45) is 0.562. The first-order valence-corrected chi connectivity index (χ1v) is 5.81. The summed E-state index contributed by atoms with van der Waals surface area (Å²) < 4.78 is 4.88. The highest BCUT2D eigenvalue weighted by atomic mass is 16.5. The molecular formula is C12H26N2O2. The van der Waals surface area contributed by atoms with Gasteiger partial charge >= 0.3 is 0 Å². The van der Waals surface area contributed by atoms with Crippen LogP contribution >= 0.6 is 0 Å². The summed E-state index contributed by atoms with van der Waals surface area (Å²) in [6, 6.07) is -0.466. The van der Waals surface area contributed by atoms with Crippen molar-refractivity contribution in [2.75, 3.05) is 20.3 Å². The van der Waals surface area contributed by atoms with E-state index < -0.39 is 6.04 Å². The summed E-state index contributed by atoms with van der Waals surface area (Å²) in [4.78, 5) is 11.6. The number of nitrogens with one attached hydrogen (secondary N) is 1. The molecule has 0 saturated carbocycles. The zero-order chi connectivity index (χ0) is 12.8. The largest absolute Gasteiger partial charge is 0.385 e. The van der Waals surface area contributed by atoms with Crippen LogP contribution in [0.5, 0.6) is 0 Å². The van der Waals surface area contributed by atoms with Crippen molar-refractivity contribution in [3.8, 4) is 0 Å². The summed E-state index contributed by atoms with van der Waals surface area (Å²) in [5.74, 6) is 0.333. The summed E-state index contributed by atoms with van der Waals surface area (Å²) in [7, 11) is 1.60. The van der Waals surface area contributed by atoms with Gasteiger partial charge in [0.25, 0.3) is 0 Å². The van der Waals surface area contributed by atoms with E-state index >= 15 is 0 Å². The first-order valence-electron chi connectivity index (χ1n) is 5.81. The van der Waals surface area contributed by atoms with Gasteiger partial charge < -0.3 is 15.8 Å². The molecule has 0 aliphatic heterocycles. The molecule has 2 atom stereocenters. The van der Waals surface area contributed by atoms with E-state index in [2.05, 4.69) is 33.0 Å². The number of hydrogen-bond donors (Lipinski definition) is 2. The molecule has 0 saturated heterocycles. The molecule has 1 amide bonds. The highest BCUT2D eigenvalue weighted by molar-refractivity contribution is 5.81. The minimum absolute atomic E-state index is 0.0897. The number of carbonyl (C=O) groups is 1. The van der Waals surface area contributed by atoms with Crippen molar-refractivity contribution in [2.24, 2.45) is 17.1 Å². The molecule has 3 N–H and O–H groups in total. The van der Waals surface area contributed by atoms with Crippen LogP contribution in [0.4, 0.5) is 0 Å². The summed E-state index contributed by atoms with van der Waals surface area (Å²) >= 11 is 0. The molecule has 0 radical (unpaired) electrons. The summed E-state index contributed by atoms with van der Waals surface area (Å²) in [6.45, 7) is 9.80. The molecule has 96 valence electrons. The number of hydrogen-bond acceptors (Lipinski definition) is 3. The molecule has 0 spiro atoms. The van der Waals surface area contributed by atoms with Gasteiger partial charge in [0.15, 0.2) is 0 Å². The third kappa shape index (κ3) is 6.08. The van der Waals surface area contributed by atoms with Gasteiger partial charge in [0.05, 0.1) is 6.04 Å². The lowest BCUT2D eigenvalue weighted by Crippen LogP contribution is -2.44. The minimum Gasteiger partial charge on any atom is -0.385 e. The number of methoxy groups -OCH3 is 1. The van der Waals surface area contributed by atoms with Crippen LogP contribution in [0.3, 0.4) is 0 Å². The monoisotopic (exact) mass is 230 g/mol. The molecular weight excluding hydrogens is 204 g/mol. The zero-order valence-corrected chi connectivity index (χ0v) is 11.2. The molecule has 0 bridgehead atoms. The Hall–Kier alpha value is -0.610. The third-order valence-electron chi connectivity index (χ3n) is 3.03. The maximum atomic E-state index is 11.6. The van der Waals surface area contributed by atoms with Crippen LogP contribution in [-0.2, 0) is 9.53 Å². The van der Waals surface area contributed by atoms with Gasteiger partial charge in [-0.15, -0.1) is 0 Å². The molecule has 0 fully saturated rings. The second-order valence-corrected chi connectivity index (χ2v) is 5.40. The predicted octanol–water partition coefficient (Wildman–Crippen LogP) is 1.15. The third-order valence-corrected chi connectivity index (χ3v) is 3.03. The fourth-order valence-electron chi connectivity index (χ4n) is 1.07. The molecule has 0 aromatic carbocycles. The van der Waals surface area contributed by atoms with E-state index in [0.717, 1.165) is 0 Å². The fraction of sp³-hybridized carbons (Fsp3) is 0.917. The van der Waals surface area contributed by atoms with Crippen molar-refractivity contribution in [3.05, 3.63) is 0 Å². The van der Waals surface area contributed by atoms with Crippen LogP contribution in [0, 0.1) is 11.3 Å². The van der Waals surface area contributed by atoms with Crippen LogP contribution in [-0.4, -0.2) is 32.2 Å². The SMILES string of the molecule is COCCC(N)C(=O)NCC(C)C(C)(C)C. The van der Waals surface area contributed by atoms with E-state index in [1.807, 2.05) is 0 Å². The van der Waals surface area contributed by atoms with Gasteiger partial charge in [-0.05, 0) is 17.8 Å². The van der Waals surface area contributed by atoms with E-state index in [1.54, 1.807) is 7.11 Å². The molecule has 0 heterocycles. The van der Waals surface area contributed by atoms with Crippen molar-refractivity contribution in [1.82, 2.24) is 5.32 Å². The molecule has 0 rings (SSSR count). The molecule has 0 aliphatic carbocycles. The molecule has 4 nitrogen and oxygen atoms in total. The van der Waals surface area contributed by atoms with Crippen molar-refractivity contribution in [2.45, 2.75) is 40.2 Å². The second-order valence-electron chi connectivity index (χ2n) is 5.40. The van der Waals surface area contributed by atoms with Gasteiger partial charge in [-0.2, -0.15) is 0 Å². The van der Waals surface area contributed by atoms with E-state index in [-0.39, 0.29) is 11.3 Å². The van der Waals surface area contributed by atoms with Crippen LogP contribution in [0.25, 0.3) is 0 Å². The molecule has 2 unspecified atom stereocenters. The quantitative estimate of drug-likeness (QED) is 0.719. The van der Waals surface area contributed by atoms with Gasteiger partial charge in [0.1, 0.15) is 0 Å². The Morgan fingerprint density at radius 2 is 2.00 bits per heavy atom. The Bertz CT molecular complexity index is 212. The molecule has 0 aromatic rings. The van der Waals surface area contributed by atoms with E-state index in [4.69, 9.17) is 10.5 Å². The number of nitrogens with two attached hydrogens (primary N) is 1. The first kappa shape index (κ1) is 15.4. The maximum absolute atomic E-state index is 11.6. The zero-order valence-electron chi connectivity index (χ0n) is 11.2. The Kier molecular flexibility index (Phi) is 6.60. The van der Waals surface area contributed by atoms with Crippen LogP contribution in [0.2, 0.25) is 0 Å². The Labute approximate surface area is 98.9 Å². The van der Waals surface area contributed by atoms with Crippen LogP contribution in [0.1, 0.15) is 34.1 Å². The van der Waals surface area contributed by atoms with Crippen molar-refractivity contribution in [3.63, 3.8) is 0 Å². The number of carbonyl (C=O) groups excluding carboxylic acids is 1. The standard InChI is InChI=1S/C12H26N2O2/c1-9(12(2,3)4)8-14-11(15)10(13)6-7-16-5/h9-10H,6-8,13H2,1-5H3,(H,14,15). The first-order chi connectivity index (χ1) is 7.29. The van der Waals surface area contributed by atoms with Gasteiger partial charge in [-0.3, -0.25) is 4.79 Å². The normalized spacial score (nSPS) is 15.6. The lowest BCUT2D eigenvalue weighted by Gasteiger charge is -2.27. The number of ether oxygens (including phenoxy) is 1. The average Bonchev–Trinajstić information content (AvgIpc) is 2.20. The fourth-order valence-corrected chi connectivity index (χ4v) is 1.07. The smallest absolute Gasteiger partial charge is 0.237 e. The van der Waals surface area contributed by atoms with Crippen molar-refractivity contribution in [1.29, 1.82) is 0 Å². The van der Waals surface area contributed by atoms with Gasteiger partial charge in [0, 0.05) is 20.3 Å². The lowest BCUT2D eigenvalue weighted by atomic mass is 9.82. The maximum Gasteiger partial charge on any atom is 0.237 e. The van der Waals surface area contributed by atoms with Crippen molar-refractivity contribution >= 4 is 5.91 Å². The number of rotatable bonds is 6. The van der Waals surface area contributed by atoms with E-state index in [0.29, 0.717) is 25.5 Å². The molecule has 4 heteroatoms. The summed E-state index contributed by atoms with van der Waals surface area (Å²) in [5.41, 5.74) is 5.90. The number of amides is 1. The van der Waals surface area contributed by atoms with Crippen LogP contribution < -0.4 is 11.1 Å². The van der Waals surface area contributed by atoms with Gasteiger partial charge in [0.2, 0.25) is 5.91 Å². The topological polar surface area (TPSA) is 64.3 Å². The van der Waals surface area contributed by atoms with Gasteiger partial charge in [-0.1, -0.05) is 27.7 Å². The lowest BCUT2D eigenvalue weighted by molar-refractivity contribution is -0.123.